The molecule has 1 saturated heterocycles. The third-order valence-electron chi connectivity index (χ3n) is 5.01. The molecule has 5 nitrogen and oxygen atoms in total. The molecule has 0 aliphatic carbocycles. The molecule has 1 atom stereocenters. The molecule has 2 aromatic carbocycles. The van der Waals surface area contributed by atoms with Crippen LogP contribution in [0.2, 0.25) is 0 Å². The van der Waals surface area contributed by atoms with Crippen molar-refractivity contribution in [2.75, 3.05) is 26.2 Å². The van der Waals surface area contributed by atoms with Crippen LogP contribution in [0.25, 0.3) is 11.1 Å². The summed E-state index contributed by atoms with van der Waals surface area (Å²) in [6.07, 6.45) is 2.60. The normalized spacial score (nSPS) is 15.6. The number of amides is 1. The van der Waals surface area contributed by atoms with E-state index in [4.69, 9.17) is 10.5 Å². The molecule has 0 radical (unpaired) electrons. The van der Waals surface area contributed by atoms with E-state index in [2.05, 4.69) is 46.6 Å². The maximum atomic E-state index is 11.9. The Labute approximate surface area is 167 Å². The maximum absolute atomic E-state index is 11.9. The molecule has 1 unspecified atom stereocenters. The van der Waals surface area contributed by atoms with Gasteiger partial charge in [0.05, 0.1) is 18.7 Å². The van der Waals surface area contributed by atoms with Gasteiger partial charge in [0.15, 0.2) is 0 Å². The zero-order chi connectivity index (χ0) is 19.9. The van der Waals surface area contributed by atoms with E-state index in [-0.39, 0.29) is 24.6 Å². The second-order valence-electron chi connectivity index (χ2n) is 7.65. The molecular weight excluding hydrogens is 350 g/mol. The molecule has 0 aromatic heterocycles. The number of likely N-dealkylation sites (tertiary alicyclic amines) is 1. The Morgan fingerprint density at radius 3 is 2.46 bits per heavy atom. The van der Waals surface area contributed by atoms with Gasteiger partial charge in [-0.15, -0.1) is 0 Å². The lowest BCUT2D eigenvalue weighted by molar-refractivity contribution is -0.120. The van der Waals surface area contributed by atoms with Gasteiger partial charge in [0.25, 0.3) is 0 Å². The molecule has 0 bridgehead atoms. The molecule has 1 heterocycles. The van der Waals surface area contributed by atoms with E-state index in [9.17, 15) is 4.79 Å². The highest BCUT2D eigenvalue weighted by Crippen LogP contribution is 2.26. The maximum Gasteiger partial charge on any atom is 0.234 e. The van der Waals surface area contributed by atoms with Crippen molar-refractivity contribution < 1.29 is 9.53 Å². The van der Waals surface area contributed by atoms with E-state index in [0.717, 1.165) is 42.1 Å². The Kier molecular flexibility index (Phi) is 7.06. The quantitative estimate of drug-likeness (QED) is 0.736. The van der Waals surface area contributed by atoms with Gasteiger partial charge in [-0.1, -0.05) is 36.4 Å². The molecule has 1 amide bonds. The van der Waals surface area contributed by atoms with Gasteiger partial charge < -0.3 is 20.7 Å². The number of nitrogens with two attached hydrogens (primary N) is 1. The summed E-state index contributed by atoms with van der Waals surface area (Å²) < 4.78 is 5.80. The number of hydrogen-bond donors (Lipinski definition) is 2. The minimum absolute atomic E-state index is 0.0111. The van der Waals surface area contributed by atoms with Crippen molar-refractivity contribution in [2.45, 2.75) is 38.8 Å². The molecular formula is C23H31N3O2. The van der Waals surface area contributed by atoms with Crippen LogP contribution in [-0.2, 0) is 4.79 Å². The fourth-order valence-electron chi connectivity index (χ4n) is 3.64. The molecule has 1 aliphatic heterocycles. The molecule has 28 heavy (non-hydrogen) atoms. The van der Waals surface area contributed by atoms with Gasteiger partial charge in [-0.25, -0.2) is 0 Å². The predicted octanol–water partition coefficient (Wildman–Crippen LogP) is 3.35. The number of hydrogen-bond acceptors (Lipinski definition) is 4. The Bertz CT molecular complexity index is 768. The monoisotopic (exact) mass is 381 g/mol. The SMILES string of the molecule is CC(C)Oc1cccc(-c2ccc(C(CN3CCCC3)NC(=O)CN)cc2)c1. The third-order valence-corrected chi connectivity index (χ3v) is 5.01. The van der Waals surface area contributed by atoms with Crippen LogP contribution in [0.4, 0.5) is 0 Å². The van der Waals surface area contributed by atoms with E-state index in [1.807, 2.05) is 26.0 Å². The highest BCUT2D eigenvalue weighted by Gasteiger charge is 2.20. The summed E-state index contributed by atoms with van der Waals surface area (Å²) in [6, 6.07) is 16.5. The van der Waals surface area contributed by atoms with Gasteiger partial charge in [0.2, 0.25) is 5.91 Å². The van der Waals surface area contributed by atoms with E-state index in [0.29, 0.717) is 0 Å². The zero-order valence-electron chi connectivity index (χ0n) is 16.9. The second-order valence-corrected chi connectivity index (χ2v) is 7.65. The number of nitrogens with one attached hydrogen (secondary N) is 1. The summed E-state index contributed by atoms with van der Waals surface area (Å²) in [5.41, 5.74) is 8.87. The van der Waals surface area contributed by atoms with E-state index >= 15 is 0 Å². The second kappa shape index (κ2) is 9.71. The molecule has 0 spiro atoms. The standard InChI is InChI=1S/C23H31N3O2/c1-17(2)28-21-7-5-6-20(14-21)18-8-10-19(11-9-18)22(25-23(27)15-24)16-26-12-3-4-13-26/h5-11,14,17,22H,3-4,12-13,15-16,24H2,1-2H3,(H,25,27). The summed E-state index contributed by atoms with van der Waals surface area (Å²) in [7, 11) is 0. The van der Waals surface area contributed by atoms with Gasteiger partial charge in [-0.2, -0.15) is 0 Å². The number of carbonyl (C=O) groups excluding carboxylic acids is 1. The average molecular weight is 382 g/mol. The predicted molar refractivity (Wildman–Crippen MR) is 113 cm³/mol. The number of nitrogens with zero attached hydrogens (tertiary/aromatic N) is 1. The van der Waals surface area contributed by atoms with Crippen LogP contribution in [0.15, 0.2) is 48.5 Å². The van der Waals surface area contributed by atoms with Crippen LogP contribution in [0.5, 0.6) is 5.75 Å². The lowest BCUT2D eigenvalue weighted by Gasteiger charge is -2.25. The molecule has 150 valence electrons. The Hall–Kier alpha value is -2.37. The zero-order valence-corrected chi connectivity index (χ0v) is 16.9. The smallest absolute Gasteiger partial charge is 0.234 e. The van der Waals surface area contributed by atoms with E-state index in [1.165, 1.54) is 12.8 Å². The number of ether oxygens (including phenoxy) is 1. The number of benzene rings is 2. The Morgan fingerprint density at radius 2 is 1.82 bits per heavy atom. The van der Waals surface area contributed by atoms with E-state index < -0.39 is 0 Å². The van der Waals surface area contributed by atoms with Crippen LogP contribution in [0, 0.1) is 0 Å². The molecule has 1 fully saturated rings. The van der Waals surface area contributed by atoms with Crippen LogP contribution >= 0.6 is 0 Å². The first-order chi connectivity index (χ1) is 13.5. The first kappa shape index (κ1) is 20.4. The lowest BCUT2D eigenvalue weighted by Crippen LogP contribution is -2.39. The summed E-state index contributed by atoms with van der Waals surface area (Å²) in [5, 5.41) is 3.07. The van der Waals surface area contributed by atoms with Gasteiger partial charge >= 0.3 is 0 Å². The fraction of sp³-hybridized carbons (Fsp3) is 0.435. The minimum atomic E-state index is -0.119. The van der Waals surface area contributed by atoms with Gasteiger partial charge in [-0.05, 0) is 68.6 Å². The molecule has 5 heteroatoms. The highest BCUT2D eigenvalue weighted by atomic mass is 16.5. The van der Waals surface area contributed by atoms with Crippen LogP contribution in [0.1, 0.15) is 38.3 Å². The number of carbonyl (C=O) groups is 1. The van der Waals surface area contributed by atoms with Gasteiger partial charge in [0.1, 0.15) is 5.75 Å². The molecule has 1 aliphatic rings. The first-order valence-electron chi connectivity index (χ1n) is 10.1. The molecule has 3 rings (SSSR count). The van der Waals surface area contributed by atoms with Crippen molar-refractivity contribution in [1.82, 2.24) is 10.2 Å². The van der Waals surface area contributed by atoms with Crippen LogP contribution < -0.4 is 15.8 Å². The first-order valence-corrected chi connectivity index (χ1v) is 10.1. The van der Waals surface area contributed by atoms with Crippen molar-refractivity contribution in [3.8, 4) is 16.9 Å². The minimum Gasteiger partial charge on any atom is -0.491 e. The van der Waals surface area contributed by atoms with Crippen molar-refractivity contribution in [3.63, 3.8) is 0 Å². The van der Waals surface area contributed by atoms with Crippen LogP contribution in [0.3, 0.4) is 0 Å². The van der Waals surface area contributed by atoms with Crippen molar-refractivity contribution in [1.29, 1.82) is 0 Å². The Morgan fingerprint density at radius 1 is 1.11 bits per heavy atom. The van der Waals surface area contributed by atoms with Crippen molar-refractivity contribution in [2.24, 2.45) is 5.73 Å². The van der Waals surface area contributed by atoms with E-state index in [1.54, 1.807) is 0 Å². The van der Waals surface area contributed by atoms with Crippen LogP contribution in [-0.4, -0.2) is 43.1 Å². The molecule has 3 N–H and O–H groups in total. The Balaban J connectivity index is 1.77. The summed E-state index contributed by atoms with van der Waals surface area (Å²) in [4.78, 5) is 14.3. The lowest BCUT2D eigenvalue weighted by atomic mass is 10.00. The summed E-state index contributed by atoms with van der Waals surface area (Å²) in [6.45, 7) is 7.07. The summed E-state index contributed by atoms with van der Waals surface area (Å²) in [5.74, 6) is 0.755. The number of rotatable bonds is 8. The third kappa shape index (κ3) is 5.57. The van der Waals surface area contributed by atoms with Gasteiger partial charge in [0, 0.05) is 6.54 Å². The highest BCUT2D eigenvalue weighted by molar-refractivity contribution is 5.78. The topological polar surface area (TPSA) is 67.6 Å². The molecule has 2 aromatic rings. The van der Waals surface area contributed by atoms with Crippen molar-refractivity contribution in [3.05, 3.63) is 54.1 Å². The largest absolute Gasteiger partial charge is 0.491 e. The molecule has 0 saturated carbocycles. The van der Waals surface area contributed by atoms with Crippen molar-refractivity contribution >= 4 is 5.91 Å². The van der Waals surface area contributed by atoms with Gasteiger partial charge in [-0.3, -0.25) is 4.79 Å². The fourth-order valence-corrected chi connectivity index (χ4v) is 3.64. The summed E-state index contributed by atoms with van der Waals surface area (Å²) >= 11 is 0. The average Bonchev–Trinajstić information content (AvgIpc) is 3.20.